The van der Waals surface area contributed by atoms with Crippen LogP contribution in [-0.2, 0) is 10.9 Å². The number of hydrogen-bond donors (Lipinski definition) is 1. The maximum absolute atomic E-state index is 12.8. The number of carbonyl (C=O) groups is 1. The summed E-state index contributed by atoms with van der Waals surface area (Å²) in [7, 11) is 0. The third kappa shape index (κ3) is 3.00. The van der Waals surface area contributed by atoms with Gasteiger partial charge in [-0.1, -0.05) is 18.6 Å². The first-order valence-corrected chi connectivity index (χ1v) is 5.90. The SMILES string of the molecule is Cc1cc(C2OC(=O)NCC2C)cc(C(F)(F)F)c1. The Morgan fingerprint density at radius 1 is 1.32 bits per heavy atom. The average Bonchev–Trinajstić information content (AvgIpc) is 2.30. The third-order valence-electron chi connectivity index (χ3n) is 3.07. The minimum atomic E-state index is -4.40. The summed E-state index contributed by atoms with van der Waals surface area (Å²) in [5, 5.41) is 2.51. The number of carbonyl (C=O) groups excluding carboxylic acids is 1. The number of cyclic esters (lactones) is 1. The zero-order valence-electron chi connectivity index (χ0n) is 10.5. The molecule has 1 aliphatic rings. The Kier molecular flexibility index (Phi) is 3.43. The van der Waals surface area contributed by atoms with Crippen LogP contribution in [0.25, 0.3) is 0 Å². The van der Waals surface area contributed by atoms with E-state index in [1.54, 1.807) is 13.0 Å². The van der Waals surface area contributed by atoms with E-state index in [-0.39, 0.29) is 5.92 Å². The van der Waals surface area contributed by atoms with Crippen LogP contribution in [0.3, 0.4) is 0 Å². The third-order valence-corrected chi connectivity index (χ3v) is 3.07. The fraction of sp³-hybridized carbons (Fsp3) is 0.462. The summed E-state index contributed by atoms with van der Waals surface area (Å²) in [4.78, 5) is 11.2. The maximum atomic E-state index is 12.8. The van der Waals surface area contributed by atoms with Crippen molar-refractivity contribution in [2.45, 2.75) is 26.1 Å². The van der Waals surface area contributed by atoms with Crippen LogP contribution in [0.5, 0.6) is 0 Å². The van der Waals surface area contributed by atoms with E-state index in [0.29, 0.717) is 17.7 Å². The lowest BCUT2D eigenvalue weighted by Crippen LogP contribution is -2.39. The molecule has 3 nitrogen and oxygen atoms in total. The number of hydrogen-bond acceptors (Lipinski definition) is 2. The summed E-state index contributed by atoms with van der Waals surface area (Å²) in [5.74, 6) is -0.0828. The van der Waals surface area contributed by atoms with E-state index in [0.717, 1.165) is 12.1 Å². The summed E-state index contributed by atoms with van der Waals surface area (Å²) < 4.78 is 43.4. The van der Waals surface area contributed by atoms with Crippen molar-refractivity contribution in [3.8, 4) is 0 Å². The number of ether oxygens (including phenoxy) is 1. The maximum Gasteiger partial charge on any atom is 0.416 e. The monoisotopic (exact) mass is 273 g/mol. The van der Waals surface area contributed by atoms with Crippen LogP contribution >= 0.6 is 0 Å². The molecule has 1 heterocycles. The van der Waals surface area contributed by atoms with Crippen LogP contribution in [0.2, 0.25) is 0 Å². The number of alkyl halides is 3. The molecule has 1 aromatic rings. The Morgan fingerprint density at radius 3 is 2.63 bits per heavy atom. The number of alkyl carbamates (subject to hydrolysis) is 1. The highest BCUT2D eigenvalue weighted by Gasteiger charge is 2.34. The molecule has 2 rings (SSSR count). The van der Waals surface area contributed by atoms with E-state index in [2.05, 4.69) is 5.32 Å². The highest BCUT2D eigenvalue weighted by Crippen LogP contribution is 2.35. The molecule has 0 radical (unpaired) electrons. The van der Waals surface area contributed by atoms with Gasteiger partial charge in [-0.25, -0.2) is 4.79 Å². The second-order valence-corrected chi connectivity index (χ2v) is 4.81. The van der Waals surface area contributed by atoms with Gasteiger partial charge in [-0.3, -0.25) is 0 Å². The van der Waals surface area contributed by atoms with Crippen LogP contribution in [0.15, 0.2) is 18.2 Å². The Balaban J connectivity index is 2.39. The fourth-order valence-electron chi connectivity index (χ4n) is 2.16. The number of rotatable bonds is 1. The Morgan fingerprint density at radius 2 is 2.00 bits per heavy atom. The first-order chi connectivity index (χ1) is 8.77. The highest BCUT2D eigenvalue weighted by atomic mass is 19.4. The van der Waals surface area contributed by atoms with Gasteiger partial charge in [0.15, 0.2) is 0 Å². The predicted molar refractivity (Wildman–Crippen MR) is 62.6 cm³/mol. The van der Waals surface area contributed by atoms with E-state index in [4.69, 9.17) is 4.74 Å². The van der Waals surface area contributed by atoms with Crippen LogP contribution in [0.4, 0.5) is 18.0 Å². The molecule has 1 N–H and O–H groups in total. The summed E-state index contributed by atoms with van der Waals surface area (Å²) in [6, 6.07) is 3.75. The standard InChI is InChI=1S/C13H14F3NO2/c1-7-3-9(5-10(4-7)13(14,15)16)11-8(2)6-17-12(18)19-11/h3-5,8,11H,6H2,1-2H3,(H,17,18). The molecule has 1 aromatic carbocycles. The van der Waals surface area contributed by atoms with Crippen molar-refractivity contribution in [2.24, 2.45) is 5.92 Å². The van der Waals surface area contributed by atoms with Gasteiger partial charge in [0.25, 0.3) is 0 Å². The lowest BCUT2D eigenvalue weighted by molar-refractivity contribution is -0.137. The van der Waals surface area contributed by atoms with Crippen molar-refractivity contribution in [3.63, 3.8) is 0 Å². The van der Waals surface area contributed by atoms with E-state index in [1.807, 2.05) is 6.92 Å². The molecule has 104 valence electrons. The smallest absolute Gasteiger partial charge is 0.416 e. The molecule has 6 heteroatoms. The van der Waals surface area contributed by atoms with Gasteiger partial charge in [-0.2, -0.15) is 13.2 Å². The fourth-order valence-corrected chi connectivity index (χ4v) is 2.16. The molecule has 0 saturated carbocycles. The number of aryl methyl sites for hydroxylation is 1. The van der Waals surface area contributed by atoms with Crippen molar-refractivity contribution in [2.75, 3.05) is 6.54 Å². The van der Waals surface area contributed by atoms with Crippen molar-refractivity contribution < 1.29 is 22.7 Å². The summed E-state index contributed by atoms with van der Waals surface area (Å²) in [6.07, 6.45) is -5.64. The van der Waals surface area contributed by atoms with Gasteiger partial charge in [0.05, 0.1) is 5.56 Å². The molecule has 19 heavy (non-hydrogen) atoms. The van der Waals surface area contributed by atoms with Gasteiger partial charge in [0.2, 0.25) is 0 Å². The quantitative estimate of drug-likeness (QED) is 0.851. The van der Waals surface area contributed by atoms with Gasteiger partial charge >= 0.3 is 12.3 Å². The lowest BCUT2D eigenvalue weighted by atomic mass is 9.93. The molecule has 1 amide bonds. The molecule has 1 saturated heterocycles. The van der Waals surface area contributed by atoms with Gasteiger partial charge in [-0.15, -0.1) is 0 Å². The van der Waals surface area contributed by atoms with E-state index >= 15 is 0 Å². The summed E-state index contributed by atoms with van der Waals surface area (Å²) in [5.41, 5.74) is 0.158. The first-order valence-electron chi connectivity index (χ1n) is 5.90. The van der Waals surface area contributed by atoms with Crippen molar-refractivity contribution in [1.29, 1.82) is 0 Å². The van der Waals surface area contributed by atoms with Crippen molar-refractivity contribution >= 4 is 6.09 Å². The molecule has 1 fully saturated rings. The molecule has 1 aliphatic heterocycles. The summed E-state index contributed by atoms with van der Waals surface area (Å²) >= 11 is 0. The van der Waals surface area contributed by atoms with Crippen molar-refractivity contribution in [1.82, 2.24) is 5.32 Å². The van der Waals surface area contributed by atoms with Gasteiger partial charge in [0, 0.05) is 12.5 Å². The van der Waals surface area contributed by atoms with Gasteiger partial charge in [-0.05, 0) is 24.6 Å². The Hall–Kier alpha value is -1.72. The number of halogens is 3. The van der Waals surface area contributed by atoms with Crippen LogP contribution in [0.1, 0.15) is 29.7 Å². The molecule has 0 spiro atoms. The normalized spacial score (nSPS) is 23.7. The molecule has 2 unspecified atom stereocenters. The molecule has 0 bridgehead atoms. The topological polar surface area (TPSA) is 38.3 Å². The zero-order chi connectivity index (χ0) is 14.2. The van der Waals surface area contributed by atoms with Gasteiger partial charge in [0.1, 0.15) is 6.10 Å². The summed E-state index contributed by atoms with van der Waals surface area (Å²) in [6.45, 7) is 3.80. The average molecular weight is 273 g/mol. The molecular formula is C13H14F3NO2. The largest absolute Gasteiger partial charge is 0.441 e. The molecule has 0 aliphatic carbocycles. The van der Waals surface area contributed by atoms with E-state index < -0.39 is 23.9 Å². The number of nitrogens with one attached hydrogen (secondary N) is 1. The van der Waals surface area contributed by atoms with E-state index in [1.165, 1.54) is 0 Å². The van der Waals surface area contributed by atoms with Crippen LogP contribution in [0, 0.1) is 12.8 Å². The van der Waals surface area contributed by atoms with Crippen molar-refractivity contribution in [3.05, 3.63) is 34.9 Å². The number of amides is 1. The minimum Gasteiger partial charge on any atom is -0.441 e. The Bertz CT molecular complexity index is 499. The highest BCUT2D eigenvalue weighted by molar-refractivity contribution is 5.68. The Labute approximate surface area is 108 Å². The van der Waals surface area contributed by atoms with Crippen LogP contribution < -0.4 is 5.32 Å². The minimum absolute atomic E-state index is 0.0828. The molecule has 0 aromatic heterocycles. The molecule has 2 atom stereocenters. The molecular weight excluding hydrogens is 259 g/mol. The number of benzene rings is 1. The van der Waals surface area contributed by atoms with Crippen LogP contribution in [-0.4, -0.2) is 12.6 Å². The van der Waals surface area contributed by atoms with Gasteiger partial charge < -0.3 is 10.1 Å². The van der Waals surface area contributed by atoms with E-state index in [9.17, 15) is 18.0 Å². The zero-order valence-corrected chi connectivity index (χ0v) is 10.5. The second kappa shape index (κ2) is 4.75. The second-order valence-electron chi connectivity index (χ2n) is 4.81. The predicted octanol–water partition coefficient (Wildman–Crippen LogP) is 3.43. The lowest BCUT2D eigenvalue weighted by Gasteiger charge is -2.30. The first kappa shape index (κ1) is 13.7.